The van der Waals surface area contributed by atoms with Gasteiger partial charge in [-0.3, -0.25) is 48.3 Å². The summed E-state index contributed by atoms with van der Waals surface area (Å²) >= 11 is 0. The fourth-order valence-electron chi connectivity index (χ4n) is 9.06. The maximum Gasteiger partial charge on any atom is 0.323 e. The Morgan fingerprint density at radius 1 is 0.667 bits per heavy atom. The molecule has 0 radical (unpaired) electrons. The molecule has 29 nitrogen and oxygen atoms in total. The number of aliphatic carboxylic acids is 3. The van der Waals surface area contributed by atoms with Crippen LogP contribution in [0, 0.1) is 39.9 Å². The molecule has 6 rings (SSSR count). The second kappa shape index (κ2) is 40.7. The minimum Gasteiger partial charge on any atom is -0.512 e. The Labute approximate surface area is 557 Å². The van der Waals surface area contributed by atoms with E-state index >= 15 is 0 Å². The number of carboxylic acid groups (broad SMARTS) is 3. The summed E-state index contributed by atoms with van der Waals surface area (Å²) in [4.78, 5) is 74.6. The number of aryl methyl sites for hydroxylation is 1. The van der Waals surface area contributed by atoms with E-state index in [9.17, 15) is 61.2 Å². The fourth-order valence-corrected chi connectivity index (χ4v) is 11.3. The maximum atomic E-state index is 13.1. The van der Waals surface area contributed by atoms with Crippen LogP contribution in [-0.2, 0) is 60.0 Å². The summed E-state index contributed by atoms with van der Waals surface area (Å²) in [7, 11) is -6.49. The van der Waals surface area contributed by atoms with Crippen LogP contribution in [0.25, 0.3) is 22.0 Å². The zero-order valence-electron chi connectivity index (χ0n) is 50.7. The first-order valence-electron chi connectivity index (χ1n) is 29.2. The van der Waals surface area contributed by atoms with Gasteiger partial charge in [-0.1, -0.05) is 37.8 Å². The van der Waals surface area contributed by atoms with E-state index in [-0.39, 0.29) is 99.7 Å². The number of sulfonamides is 2. The second-order valence-corrected chi connectivity index (χ2v) is 24.2. The number of aliphatic hydroxyl groups is 1. The topological polar surface area (TPSA) is 382 Å². The standard InChI is InChI=1S/C35H42N8O9S2.C23H43N5O7.Gd/c1-51-20-21-52-19-3-15-41-53(47,48)29-9-4-25(5-10-29)26-6-11-30(12-7-26)54(49,50)42-31(34(45)46)24-39-33(44)27-8-13-32-28(22-27)23-40-43(32)18-2-14-36-35-37-16-17-38-35;1-3-14-35-15-4-5-24-21(30)17-26-8-12-27(18-22(31)32)10-6-25(16-20(2)29)7-11-28(13-9-26)19-23(33)34;/h4-13,16-17,22-23,31,41-42H,2-3,14-15,18-21,24H2,1H3,(H,39,44)(H,45,46)(H2,36,37,38);29H,2-19H2,1H3,(H,24,30)(H,31,32)(H,33,34);. The quantitative estimate of drug-likeness (QED) is 0.0202. The van der Waals surface area contributed by atoms with Crippen molar-refractivity contribution in [3.63, 3.8) is 0 Å². The number of imidazole rings is 1. The first kappa shape index (κ1) is 76.3. The van der Waals surface area contributed by atoms with Crippen LogP contribution in [0.15, 0.2) is 107 Å². The molecule has 3 heterocycles. The molecule has 1 saturated heterocycles. The van der Waals surface area contributed by atoms with Crippen molar-refractivity contribution in [1.82, 2.24) is 59.4 Å². The van der Waals surface area contributed by atoms with Crippen LogP contribution in [-0.4, -0.2) is 257 Å². The zero-order chi connectivity index (χ0) is 64.6. The summed E-state index contributed by atoms with van der Waals surface area (Å²) in [6, 6.07) is 15.0. The number of aromatic amines is 1. The van der Waals surface area contributed by atoms with Gasteiger partial charge in [0.1, 0.15) is 6.04 Å². The Morgan fingerprint density at radius 3 is 1.76 bits per heavy atom. The summed E-state index contributed by atoms with van der Waals surface area (Å²) in [6.07, 6.45) is 7.96. The number of nitrogens with zero attached hydrogens (tertiary/aromatic N) is 7. The van der Waals surface area contributed by atoms with E-state index < -0.39 is 56.4 Å². The zero-order valence-corrected chi connectivity index (χ0v) is 54.6. The smallest absolute Gasteiger partial charge is 0.323 e. The summed E-state index contributed by atoms with van der Waals surface area (Å²) in [5.74, 6) is -3.37. The molecule has 0 aliphatic carbocycles. The average molecular weight is 1440 g/mol. The number of H-pyrrole nitrogens is 1. The number of aromatic nitrogens is 4. The molecule has 0 saturated carbocycles. The van der Waals surface area contributed by atoms with E-state index in [1.165, 1.54) is 36.4 Å². The number of methoxy groups -OCH3 is 1. The molecular formula is C58H85GdN13O16S2. The van der Waals surface area contributed by atoms with Crippen LogP contribution >= 0.6 is 0 Å². The van der Waals surface area contributed by atoms with Crippen molar-refractivity contribution in [3.8, 4) is 11.1 Å². The average Bonchev–Trinajstić information content (AvgIpc) is 1.49. The van der Waals surface area contributed by atoms with Gasteiger partial charge < -0.3 is 55.6 Å². The van der Waals surface area contributed by atoms with Gasteiger partial charge in [-0.25, -0.2) is 26.5 Å². The van der Waals surface area contributed by atoms with E-state index in [1.807, 2.05) is 31.2 Å². The monoisotopic (exact) mass is 1440 g/mol. The van der Waals surface area contributed by atoms with Crippen LogP contribution in [0.2, 0.25) is 0 Å². The van der Waals surface area contributed by atoms with Crippen molar-refractivity contribution < 1.29 is 115 Å². The predicted molar refractivity (Wildman–Crippen MR) is 331 cm³/mol. The third-order valence-corrected chi connectivity index (χ3v) is 16.7. The number of benzene rings is 3. The van der Waals surface area contributed by atoms with Crippen molar-refractivity contribution in [2.75, 3.05) is 150 Å². The van der Waals surface area contributed by atoms with E-state index in [1.54, 1.807) is 56.0 Å². The van der Waals surface area contributed by atoms with Gasteiger partial charge in [-0.2, -0.15) is 9.82 Å². The SMILES string of the molecule is C=C(O)CN1CCN(CC(=O)O)CCN(CC(=O)NCCCOCCC)CCN(CC(=O)O)CC1.COCCOCCCNS(=O)(=O)c1ccc(-c2ccc(S(=O)(=O)NC(CNC(=O)c3ccc4c(cnn4CCCNc4ncc[nH]4)c3)C(=O)O)cc2)cc1.[Gd]. The van der Waals surface area contributed by atoms with Crippen molar-refractivity contribution in [2.24, 2.45) is 0 Å². The molecule has 0 spiro atoms. The van der Waals surface area contributed by atoms with Gasteiger partial charge in [0.25, 0.3) is 5.91 Å². The number of ether oxygens (including phenoxy) is 3. The Kier molecular flexibility index (Phi) is 34.5. The van der Waals surface area contributed by atoms with Gasteiger partial charge in [0.2, 0.25) is 26.0 Å². The summed E-state index contributed by atoms with van der Waals surface area (Å²) in [6.45, 7) is 13.5. The van der Waals surface area contributed by atoms with Crippen molar-refractivity contribution in [3.05, 3.63) is 103 Å². The van der Waals surface area contributed by atoms with Crippen molar-refractivity contribution in [2.45, 2.75) is 55.0 Å². The van der Waals surface area contributed by atoms with E-state index in [4.69, 9.17) is 14.2 Å². The molecule has 1 atom stereocenters. The first-order chi connectivity index (χ1) is 42.7. The number of fused-ring (bicyclic) bond motifs is 1. The summed E-state index contributed by atoms with van der Waals surface area (Å²) in [5, 5.41) is 51.7. The van der Waals surface area contributed by atoms with Crippen LogP contribution in [0.1, 0.15) is 43.0 Å². The van der Waals surface area contributed by atoms with Crippen LogP contribution in [0.3, 0.4) is 0 Å². The largest absolute Gasteiger partial charge is 0.512 e. The van der Waals surface area contributed by atoms with E-state index in [0.717, 1.165) is 24.8 Å². The number of carbonyl (C=O) groups excluding carboxylic acids is 2. The number of carbonyl (C=O) groups is 5. The number of hydrogen-bond acceptors (Lipinski definition) is 20. The predicted octanol–water partition coefficient (Wildman–Crippen LogP) is 1.80. The third kappa shape index (κ3) is 28.2. The molecular weight excluding hydrogens is 1360 g/mol. The molecule has 1 unspecified atom stereocenters. The van der Waals surface area contributed by atoms with E-state index in [2.05, 4.69) is 47.0 Å². The normalized spacial score (nSPS) is 14.4. The molecule has 5 aromatic rings. The van der Waals surface area contributed by atoms with Gasteiger partial charge in [-0.05, 0) is 79.3 Å². The fraction of sp³-hybridized carbons (Fsp3) is 0.500. The molecule has 0 bridgehead atoms. The number of amides is 2. The Morgan fingerprint density at radius 2 is 1.22 bits per heavy atom. The Hall–Kier alpha value is -6.11. The molecule has 90 heavy (non-hydrogen) atoms. The molecule has 10 N–H and O–H groups in total. The maximum absolute atomic E-state index is 13.1. The number of carboxylic acids is 3. The summed E-state index contributed by atoms with van der Waals surface area (Å²) < 4.78 is 73.7. The minimum atomic E-state index is -4.31. The molecule has 498 valence electrons. The second-order valence-electron chi connectivity index (χ2n) is 20.8. The van der Waals surface area contributed by atoms with E-state index in [0.29, 0.717) is 134 Å². The van der Waals surface area contributed by atoms with Crippen LogP contribution < -0.4 is 25.4 Å². The van der Waals surface area contributed by atoms with Crippen molar-refractivity contribution >= 4 is 66.6 Å². The van der Waals surface area contributed by atoms with Crippen molar-refractivity contribution in [1.29, 1.82) is 0 Å². The van der Waals surface area contributed by atoms with Gasteiger partial charge in [-0.15, -0.1) is 0 Å². The van der Waals surface area contributed by atoms with Gasteiger partial charge >= 0.3 is 17.9 Å². The number of anilines is 1. The minimum absolute atomic E-state index is 0. The first-order valence-corrected chi connectivity index (χ1v) is 32.2. The molecule has 2 aromatic heterocycles. The number of aliphatic hydroxyl groups excluding tert-OH is 1. The van der Waals surface area contributed by atoms with Gasteiger partial charge in [0, 0.05) is 175 Å². The molecule has 2 amide bonds. The number of hydrogen-bond donors (Lipinski definition) is 10. The molecule has 1 aliphatic rings. The number of nitrogens with one attached hydrogen (secondary N) is 6. The molecule has 3 aromatic carbocycles. The molecule has 1 fully saturated rings. The molecule has 1 aliphatic heterocycles. The summed E-state index contributed by atoms with van der Waals surface area (Å²) in [5.41, 5.74) is 2.31. The third-order valence-electron chi connectivity index (χ3n) is 13.7. The number of rotatable bonds is 36. The Bertz CT molecular complexity index is 3200. The van der Waals surface area contributed by atoms with Crippen LogP contribution in [0.4, 0.5) is 5.95 Å². The van der Waals surface area contributed by atoms with Crippen LogP contribution in [0.5, 0.6) is 0 Å². The molecule has 32 heteroatoms. The Balaban J connectivity index is 0.000000418. The van der Waals surface area contributed by atoms with Gasteiger partial charge in [0.05, 0.1) is 66.7 Å². The van der Waals surface area contributed by atoms with Gasteiger partial charge in [0.15, 0.2) is 5.95 Å².